The number of nitrogens with zero attached hydrogens (tertiary/aromatic N) is 2. The van der Waals surface area contributed by atoms with Crippen LogP contribution in [0, 0.1) is 5.82 Å². The van der Waals surface area contributed by atoms with Crippen molar-refractivity contribution in [2.75, 3.05) is 5.32 Å². The predicted molar refractivity (Wildman–Crippen MR) is 117 cm³/mol. The molecule has 31 heavy (non-hydrogen) atoms. The smallest absolute Gasteiger partial charge is 0.257 e. The summed E-state index contributed by atoms with van der Waals surface area (Å²) in [4.78, 5) is 32.4. The Balaban J connectivity index is 1.72. The second kappa shape index (κ2) is 10.6. The molecule has 1 aromatic heterocycles. The molecule has 1 heterocycles. The first-order valence-electron chi connectivity index (χ1n) is 9.61. The first-order chi connectivity index (χ1) is 15.0. The topological polar surface area (TPSA) is 95.5 Å². The van der Waals surface area contributed by atoms with Gasteiger partial charge in [-0.25, -0.2) is 9.38 Å². The minimum absolute atomic E-state index is 0.123. The van der Waals surface area contributed by atoms with Gasteiger partial charge in [0.1, 0.15) is 5.82 Å². The van der Waals surface area contributed by atoms with Gasteiger partial charge in [0.25, 0.3) is 5.91 Å². The van der Waals surface area contributed by atoms with E-state index in [2.05, 4.69) is 25.9 Å². The van der Waals surface area contributed by atoms with Gasteiger partial charge < -0.3 is 10.6 Å². The zero-order valence-electron chi connectivity index (χ0n) is 16.9. The highest BCUT2D eigenvalue weighted by Crippen LogP contribution is 2.09. The number of rotatable bonds is 6. The number of amides is 2. The number of halogens is 1. The van der Waals surface area contributed by atoms with Gasteiger partial charge in [-0.1, -0.05) is 18.2 Å². The lowest BCUT2D eigenvalue weighted by Crippen LogP contribution is -2.36. The van der Waals surface area contributed by atoms with Crippen LogP contribution in [-0.4, -0.2) is 22.8 Å². The highest BCUT2D eigenvalue weighted by atomic mass is 19.1. The second-order valence-corrected chi connectivity index (χ2v) is 6.68. The number of anilines is 1. The van der Waals surface area contributed by atoms with Gasteiger partial charge in [0, 0.05) is 30.9 Å². The summed E-state index contributed by atoms with van der Waals surface area (Å²) < 4.78 is 13.2. The first-order valence-corrected chi connectivity index (χ1v) is 9.61. The molecule has 0 saturated heterocycles. The number of carbonyl (C=O) groups is 2. The SMILES string of the molecule is CC(=O)NCc1ccc(C(=O)NC(=NCc2ccccn2)Nc2ccc(F)cc2)cc1. The van der Waals surface area contributed by atoms with Crippen molar-refractivity contribution in [2.45, 2.75) is 20.0 Å². The van der Waals surface area contributed by atoms with E-state index in [1.807, 2.05) is 18.2 Å². The monoisotopic (exact) mass is 419 g/mol. The molecule has 2 amide bonds. The zero-order chi connectivity index (χ0) is 22.1. The second-order valence-electron chi connectivity index (χ2n) is 6.68. The number of nitrogens with one attached hydrogen (secondary N) is 3. The Labute approximate surface area is 179 Å². The van der Waals surface area contributed by atoms with Crippen molar-refractivity contribution < 1.29 is 14.0 Å². The number of guanidine groups is 1. The van der Waals surface area contributed by atoms with Crippen molar-refractivity contribution in [3.63, 3.8) is 0 Å². The third kappa shape index (κ3) is 7.04. The van der Waals surface area contributed by atoms with Crippen LogP contribution in [0.5, 0.6) is 0 Å². The van der Waals surface area contributed by atoms with Crippen molar-refractivity contribution in [2.24, 2.45) is 4.99 Å². The van der Waals surface area contributed by atoms with E-state index in [0.29, 0.717) is 17.8 Å². The largest absolute Gasteiger partial charge is 0.352 e. The number of aliphatic imine (C=N–C) groups is 1. The molecular formula is C23H22FN5O2. The summed E-state index contributed by atoms with van der Waals surface area (Å²) >= 11 is 0. The summed E-state index contributed by atoms with van der Waals surface area (Å²) in [5.41, 5.74) is 2.61. The molecule has 0 unspecified atom stereocenters. The lowest BCUT2D eigenvalue weighted by atomic mass is 10.1. The Kier molecular flexibility index (Phi) is 7.42. The standard InChI is InChI=1S/C23H22FN5O2/c1-16(30)26-14-17-5-7-18(8-6-17)22(31)29-23(27-15-21-4-2-3-13-25-21)28-20-11-9-19(24)10-12-20/h2-13H,14-15H2,1H3,(H,26,30)(H2,27,28,29,31). The van der Waals surface area contributed by atoms with Crippen molar-refractivity contribution in [1.82, 2.24) is 15.6 Å². The zero-order valence-corrected chi connectivity index (χ0v) is 16.9. The minimum atomic E-state index is -0.361. The Morgan fingerprint density at radius 2 is 1.74 bits per heavy atom. The van der Waals surface area contributed by atoms with Gasteiger partial charge in [-0.15, -0.1) is 0 Å². The van der Waals surface area contributed by atoms with Gasteiger partial charge >= 0.3 is 0 Å². The molecule has 3 aromatic rings. The molecule has 3 N–H and O–H groups in total. The number of hydrogen-bond acceptors (Lipinski definition) is 4. The third-order valence-electron chi connectivity index (χ3n) is 4.22. The predicted octanol–water partition coefficient (Wildman–Crippen LogP) is 3.25. The van der Waals surface area contributed by atoms with Gasteiger partial charge in [0.2, 0.25) is 11.9 Å². The van der Waals surface area contributed by atoms with Crippen LogP contribution in [0.4, 0.5) is 10.1 Å². The third-order valence-corrected chi connectivity index (χ3v) is 4.22. The summed E-state index contributed by atoms with van der Waals surface area (Å²) in [6, 6.07) is 18.1. The maximum Gasteiger partial charge on any atom is 0.257 e. The molecule has 7 nitrogen and oxygen atoms in total. The van der Waals surface area contributed by atoms with Crippen LogP contribution < -0.4 is 16.0 Å². The molecule has 0 fully saturated rings. The molecule has 0 saturated carbocycles. The molecule has 0 aliphatic carbocycles. The molecule has 0 bridgehead atoms. The van der Waals surface area contributed by atoms with Gasteiger partial charge in [-0.2, -0.15) is 0 Å². The number of aromatic nitrogens is 1. The summed E-state index contributed by atoms with van der Waals surface area (Å²) in [6.45, 7) is 2.09. The van der Waals surface area contributed by atoms with E-state index >= 15 is 0 Å². The first kappa shape index (κ1) is 21.6. The lowest BCUT2D eigenvalue weighted by molar-refractivity contribution is -0.119. The van der Waals surface area contributed by atoms with Crippen LogP contribution in [-0.2, 0) is 17.9 Å². The normalized spacial score (nSPS) is 11.0. The van der Waals surface area contributed by atoms with Crippen LogP contribution in [0.1, 0.15) is 28.5 Å². The molecule has 0 atom stereocenters. The van der Waals surface area contributed by atoms with E-state index in [1.54, 1.807) is 42.6 Å². The van der Waals surface area contributed by atoms with E-state index in [1.165, 1.54) is 19.1 Å². The summed E-state index contributed by atoms with van der Waals surface area (Å²) in [7, 11) is 0. The van der Waals surface area contributed by atoms with Crippen LogP contribution in [0.2, 0.25) is 0 Å². The number of pyridine rings is 1. The average Bonchev–Trinajstić information content (AvgIpc) is 2.78. The van der Waals surface area contributed by atoms with Crippen molar-refractivity contribution in [3.05, 3.63) is 95.6 Å². The maximum atomic E-state index is 13.2. The molecule has 8 heteroatoms. The van der Waals surface area contributed by atoms with E-state index in [0.717, 1.165) is 11.3 Å². The van der Waals surface area contributed by atoms with Crippen LogP contribution >= 0.6 is 0 Å². The molecule has 2 aromatic carbocycles. The van der Waals surface area contributed by atoms with E-state index in [4.69, 9.17) is 0 Å². The molecule has 0 aliphatic rings. The summed E-state index contributed by atoms with van der Waals surface area (Å²) in [5.74, 6) is -0.631. The Morgan fingerprint density at radius 1 is 1.00 bits per heavy atom. The van der Waals surface area contributed by atoms with Gasteiger partial charge in [-0.3, -0.25) is 19.9 Å². The number of hydrogen-bond donors (Lipinski definition) is 3. The van der Waals surface area contributed by atoms with Crippen LogP contribution in [0.3, 0.4) is 0 Å². The molecule has 3 rings (SSSR count). The average molecular weight is 419 g/mol. The van der Waals surface area contributed by atoms with Gasteiger partial charge in [-0.05, 0) is 54.1 Å². The van der Waals surface area contributed by atoms with Crippen molar-refractivity contribution in [3.8, 4) is 0 Å². The van der Waals surface area contributed by atoms with Crippen LogP contribution in [0.15, 0.2) is 77.9 Å². The summed E-state index contributed by atoms with van der Waals surface area (Å²) in [6.07, 6.45) is 1.67. The Morgan fingerprint density at radius 3 is 2.39 bits per heavy atom. The van der Waals surface area contributed by atoms with Gasteiger partial charge in [0.15, 0.2) is 0 Å². The van der Waals surface area contributed by atoms with Gasteiger partial charge in [0.05, 0.1) is 12.2 Å². The van der Waals surface area contributed by atoms with E-state index in [9.17, 15) is 14.0 Å². The van der Waals surface area contributed by atoms with Crippen molar-refractivity contribution >= 4 is 23.5 Å². The molecular weight excluding hydrogens is 397 g/mol. The Bertz CT molecular complexity index is 1050. The maximum absolute atomic E-state index is 13.2. The lowest BCUT2D eigenvalue weighted by Gasteiger charge is -2.12. The minimum Gasteiger partial charge on any atom is -0.352 e. The van der Waals surface area contributed by atoms with Crippen molar-refractivity contribution in [1.29, 1.82) is 0 Å². The number of benzene rings is 2. The highest BCUT2D eigenvalue weighted by Gasteiger charge is 2.10. The van der Waals surface area contributed by atoms with E-state index < -0.39 is 0 Å². The molecule has 0 radical (unpaired) electrons. The fraction of sp³-hybridized carbons (Fsp3) is 0.130. The molecule has 158 valence electrons. The quantitative estimate of drug-likeness (QED) is 0.422. The van der Waals surface area contributed by atoms with E-state index in [-0.39, 0.29) is 30.1 Å². The fourth-order valence-electron chi connectivity index (χ4n) is 2.61. The number of carbonyl (C=O) groups excluding carboxylic acids is 2. The summed E-state index contributed by atoms with van der Waals surface area (Å²) in [5, 5.41) is 8.45. The Hall–Kier alpha value is -4.07. The highest BCUT2D eigenvalue weighted by molar-refractivity contribution is 6.09. The molecule has 0 aliphatic heterocycles. The van der Waals surface area contributed by atoms with Crippen LogP contribution in [0.25, 0.3) is 0 Å². The molecule has 0 spiro atoms. The fourth-order valence-corrected chi connectivity index (χ4v) is 2.61.